The number of rotatable bonds is 4. The van der Waals surface area contributed by atoms with Gasteiger partial charge in [0, 0.05) is 32.4 Å². The molecule has 0 bridgehead atoms. The summed E-state index contributed by atoms with van der Waals surface area (Å²) in [6, 6.07) is 9.46. The van der Waals surface area contributed by atoms with E-state index in [0.717, 1.165) is 12.6 Å². The average molecular weight is 258 g/mol. The zero-order valence-corrected chi connectivity index (χ0v) is 12.5. The maximum absolute atomic E-state index is 2.58. The maximum atomic E-state index is 2.58. The Bertz CT molecular complexity index is 406. The van der Waals surface area contributed by atoms with Gasteiger partial charge < -0.3 is 4.90 Å². The van der Waals surface area contributed by atoms with Gasteiger partial charge in [0.1, 0.15) is 0 Å². The van der Waals surface area contributed by atoms with Crippen LogP contribution >= 0.6 is 0 Å². The minimum absolute atomic E-state index is 0.745. The second-order valence-electron chi connectivity index (χ2n) is 5.73. The minimum atomic E-state index is 0.745. The Labute approximate surface area is 117 Å². The zero-order chi connectivity index (χ0) is 13.7. The van der Waals surface area contributed by atoms with E-state index in [-0.39, 0.29) is 0 Å². The van der Waals surface area contributed by atoms with Crippen molar-refractivity contribution in [2.45, 2.75) is 32.2 Å². The van der Waals surface area contributed by atoms with Gasteiger partial charge >= 0.3 is 0 Å². The first kappa shape index (κ1) is 14.1. The molecule has 1 saturated heterocycles. The molecule has 19 heavy (non-hydrogen) atoms. The number of benzene rings is 1. The molecule has 1 fully saturated rings. The summed E-state index contributed by atoms with van der Waals surface area (Å²) in [7, 11) is 4.14. The Morgan fingerprint density at radius 1 is 1.21 bits per heavy atom. The average Bonchev–Trinajstić information content (AvgIpc) is 2.41. The largest absolute Gasteiger partial charge is 0.378 e. The van der Waals surface area contributed by atoms with Crippen LogP contribution in [0.3, 0.4) is 0 Å². The van der Waals surface area contributed by atoms with E-state index in [2.05, 4.69) is 67.2 Å². The highest BCUT2D eigenvalue weighted by molar-refractivity contribution is 5.55. The first-order valence-electron chi connectivity index (χ1n) is 7.35. The Morgan fingerprint density at radius 2 is 1.95 bits per heavy atom. The van der Waals surface area contributed by atoms with Crippen molar-refractivity contribution in [1.29, 1.82) is 0 Å². The van der Waals surface area contributed by atoms with Crippen molar-refractivity contribution in [3.8, 4) is 0 Å². The summed E-state index contributed by atoms with van der Waals surface area (Å²) in [6.45, 7) is 4.68. The number of hydrogen-bond donors (Lipinski definition) is 0. The molecule has 2 heteroatoms. The highest BCUT2D eigenvalue weighted by Gasteiger charge is 2.16. The van der Waals surface area contributed by atoms with Gasteiger partial charge in [0.15, 0.2) is 0 Å². The summed E-state index contributed by atoms with van der Waals surface area (Å²) in [5, 5.41) is 0. The molecule has 0 saturated carbocycles. The Morgan fingerprint density at radius 3 is 2.58 bits per heavy atom. The lowest BCUT2D eigenvalue weighted by molar-refractivity contribution is 0.179. The van der Waals surface area contributed by atoms with Crippen molar-refractivity contribution < 1.29 is 0 Å². The maximum Gasteiger partial charge on any atom is 0.0361 e. The zero-order valence-electron chi connectivity index (χ0n) is 12.5. The van der Waals surface area contributed by atoms with Gasteiger partial charge in [0.25, 0.3) is 0 Å². The molecule has 2 rings (SSSR count). The van der Waals surface area contributed by atoms with Crippen LogP contribution in [-0.4, -0.2) is 38.1 Å². The molecule has 0 aliphatic carbocycles. The molecule has 1 aromatic rings. The minimum Gasteiger partial charge on any atom is -0.378 e. The molecular weight excluding hydrogens is 232 g/mol. The first-order chi connectivity index (χ1) is 9.16. The molecule has 1 aromatic carbocycles. The molecule has 1 heterocycles. The van der Waals surface area contributed by atoms with E-state index < -0.39 is 0 Å². The van der Waals surface area contributed by atoms with Crippen molar-refractivity contribution in [2.24, 2.45) is 0 Å². The van der Waals surface area contributed by atoms with Crippen LogP contribution in [0.2, 0.25) is 0 Å². The van der Waals surface area contributed by atoms with Crippen LogP contribution < -0.4 is 4.90 Å². The third-order valence-corrected chi connectivity index (χ3v) is 4.00. The van der Waals surface area contributed by atoms with E-state index in [0.29, 0.717) is 0 Å². The summed E-state index contributed by atoms with van der Waals surface area (Å²) < 4.78 is 0. The van der Waals surface area contributed by atoms with Crippen molar-refractivity contribution in [3.05, 3.63) is 35.9 Å². The number of nitrogens with zero attached hydrogens (tertiary/aromatic N) is 2. The number of piperidine rings is 1. The standard InChI is InChI=1S/C17H26N2/c1-15-7-4-5-13-19(15)14-6-8-16-9-11-17(12-10-16)18(2)3/h6,8-12,15H,4-5,7,13-14H2,1-3H3/b8-6+. The fourth-order valence-electron chi connectivity index (χ4n) is 2.64. The molecule has 2 nitrogen and oxygen atoms in total. The highest BCUT2D eigenvalue weighted by Crippen LogP contribution is 2.17. The third-order valence-electron chi connectivity index (χ3n) is 4.00. The second kappa shape index (κ2) is 6.76. The van der Waals surface area contributed by atoms with E-state index >= 15 is 0 Å². The molecule has 104 valence electrons. The normalized spacial score (nSPS) is 20.9. The molecule has 1 unspecified atom stereocenters. The van der Waals surface area contributed by atoms with E-state index in [1.807, 2.05) is 0 Å². The Kier molecular flexibility index (Phi) is 5.03. The van der Waals surface area contributed by atoms with Crippen molar-refractivity contribution in [3.63, 3.8) is 0 Å². The van der Waals surface area contributed by atoms with Gasteiger partial charge in [-0.05, 0) is 44.0 Å². The van der Waals surface area contributed by atoms with Crippen LogP contribution in [0, 0.1) is 0 Å². The van der Waals surface area contributed by atoms with Gasteiger partial charge in [-0.1, -0.05) is 30.7 Å². The summed E-state index contributed by atoms with van der Waals surface area (Å²) >= 11 is 0. The Balaban J connectivity index is 1.87. The molecule has 0 N–H and O–H groups in total. The van der Waals surface area contributed by atoms with Crippen molar-refractivity contribution >= 4 is 11.8 Å². The van der Waals surface area contributed by atoms with Crippen LogP contribution in [0.4, 0.5) is 5.69 Å². The summed E-state index contributed by atoms with van der Waals surface area (Å²) in [6.07, 6.45) is 8.64. The predicted octanol–water partition coefficient (Wildman–Crippen LogP) is 3.64. The fourth-order valence-corrected chi connectivity index (χ4v) is 2.64. The van der Waals surface area contributed by atoms with E-state index in [1.165, 1.54) is 37.1 Å². The number of likely N-dealkylation sites (tertiary alicyclic amines) is 1. The second-order valence-corrected chi connectivity index (χ2v) is 5.73. The van der Waals surface area contributed by atoms with Gasteiger partial charge in [0.05, 0.1) is 0 Å². The van der Waals surface area contributed by atoms with E-state index in [9.17, 15) is 0 Å². The van der Waals surface area contributed by atoms with Crippen molar-refractivity contribution in [2.75, 3.05) is 32.1 Å². The topological polar surface area (TPSA) is 6.48 Å². The molecule has 0 radical (unpaired) electrons. The molecule has 1 atom stereocenters. The molecule has 0 aromatic heterocycles. The van der Waals surface area contributed by atoms with Crippen LogP contribution in [0.25, 0.3) is 6.08 Å². The number of anilines is 1. The van der Waals surface area contributed by atoms with Gasteiger partial charge in [-0.15, -0.1) is 0 Å². The SMILES string of the molecule is CC1CCCCN1C/C=C/c1ccc(N(C)C)cc1. The van der Waals surface area contributed by atoms with Crippen LogP contribution in [-0.2, 0) is 0 Å². The van der Waals surface area contributed by atoms with Crippen LogP contribution in [0.5, 0.6) is 0 Å². The molecular formula is C17H26N2. The molecule has 1 aliphatic rings. The van der Waals surface area contributed by atoms with Gasteiger partial charge in [0.2, 0.25) is 0 Å². The lowest BCUT2D eigenvalue weighted by atomic mass is 10.0. The first-order valence-corrected chi connectivity index (χ1v) is 7.35. The summed E-state index contributed by atoms with van der Waals surface area (Å²) in [4.78, 5) is 4.71. The molecule has 0 amide bonds. The lowest BCUT2D eigenvalue weighted by Crippen LogP contribution is -2.37. The third kappa shape index (κ3) is 4.10. The number of hydrogen-bond acceptors (Lipinski definition) is 2. The fraction of sp³-hybridized carbons (Fsp3) is 0.529. The molecule has 0 spiro atoms. The summed E-state index contributed by atoms with van der Waals surface area (Å²) in [5.74, 6) is 0. The van der Waals surface area contributed by atoms with Crippen molar-refractivity contribution in [1.82, 2.24) is 4.90 Å². The highest BCUT2D eigenvalue weighted by atomic mass is 15.1. The summed E-state index contributed by atoms with van der Waals surface area (Å²) in [5.41, 5.74) is 2.54. The molecule has 1 aliphatic heterocycles. The van der Waals surface area contributed by atoms with Gasteiger partial charge in [-0.3, -0.25) is 4.90 Å². The van der Waals surface area contributed by atoms with Gasteiger partial charge in [-0.2, -0.15) is 0 Å². The van der Waals surface area contributed by atoms with E-state index in [4.69, 9.17) is 0 Å². The predicted molar refractivity (Wildman–Crippen MR) is 84.7 cm³/mol. The smallest absolute Gasteiger partial charge is 0.0361 e. The monoisotopic (exact) mass is 258 g/mol. The van der Waals surface area contributed by atoms with Crippen LogP contribution in [0.1, 0.15) is 31.7 Å². The van der Waals surface area contributed by atoms with E-state index in [1.54, 1.807) is 0 Å². The Hall–Kier alpha value is -1.28. The lowest BCUT2D eigenvalue weighted by Gasteiger charge is -2.32. The quantitative estimate of drug-likeness (QED) is 0.813. The van der Waals surface area contributed by atoms with Crippen LogP contribution in [0.15, 0.2) is 30.3 Å². The van der Waals surface area contributed by atoms with Gasteiger partial charge in [-0.25, -0.2) is 0 Å².